The summed E-state index contributed by atoms with van der Waals surface area (Å²) in [7, 11) is 0. The van der Waals surface area contributed by atoms with Crippen LogP contribution in [0.25, 0.3) is 22.4 Å². The first-order chi connectivity index (χ1) is 11.3. The molecule has 114 valence electrons. The average Bonchev–Trinajstić information content (AvgIpc) is 3.18. The van der Waals surface area contributed by atoms with E-state index in [9.17, 15) is 0 Å². The predicted octanol–water partition coefficient (Wildman–Crippen LogP) is 3.03. The summed E-state index contributed by atoms with van der Waals surface area (Å²) in [5.41, 5.74) is 3.06. The summed E-state index contributed by atoms with van der Waals surface area (Å²) in [5.74, 6) is 1.07. The maximum absolute atomic E-state index is 5.33. The van der Waals surface area contributed by atoms with Crippen LogP contribution in [-0.4, -0.2) is 24.9 Å². The first-order valence-corrected chi connectivity index (χ1v) is 7.47. The third-order valence-corrected chi connectivity index (χ3v) is 3.84. The van der Waals surface area contributed by atoms with E-state index in [0.29, 0.717) is 23.8 Å². The lowest BCUT2D eigenvalue weighted by atomic mass is 10.2. The molecule has 4 aromatic rings. The van der Waals surface area contributed by atoms with E-state index in [0.717, 1.165) is 6.54 Å². The van der Waals surface area contributed by atoms with Gasteiger partial charge in [-0.05, 0) is 36.6 Å². The fourth-order valence-electron chi connectivity index (χ4n) is 2.73. The van der Waals surface area contributed by atoms with E-state index in [1.54, 1.807) is 12.3 Å². The molecule has 0 spiro atoms. The number of benzene rings is 1. The molecule has 0 atom stereocenters. The molecule has 0 radical (unpaired) electrons. The Bertz CT molecular complexity index is 942. The SMILES string of the molecule is Cc1cc2ccccc2n1CCc1nc(-c2cccnn2)no1. The van der Waals surface area contributed by atoms with Gasteiger partial charge in [0.1, 0.15) is 5.69 Å². The molecule has 0 saturated heterocycles. The normalized spacial score (nSPS) is 11.2. The van der Waals surface area contributed by atoms with Gasteiger partial charge in [0, 0.05) is 30.4 Å². The zero-order valence-corrected chi connectivity index (χ0v) is 12.7. The zero-order chi connectivity index (χ0) is 15.6. The molecule has 0 aliphatic carbocycles. The number of aromatic nitrogens is 5. The molecule has 6 heteroatoms. The van der Waals surface area contributed by atoms with E-state index >= 15 is 0 Å². The van der Waals surface area contributed by atoms with E-state index in [1.165, 1.54) is 16.6 Å². The number of nitrogens with zero attached hydrogens (tertiary/aromatic N) is 5. The van der Waals surface area contributed by atoms with E-state index in [1.807, 2.05) is 6.07 Å². The maximum Gasteiger partial charge on any atom is 0.228 e. The fraction of sp³-hybridized carbons (Fsp3) is 0.176. The summed E-state index contributed by atoms with van der Waals surface area (Å²) in [4.78, 5) is 4.40. The minimum Gasteiger partial charge on any atom is -0.344 e. The molecule has 3 aromatic heterocycles. The van der Waals surface area contributed by atoms with Gasteiger partial charge in [0.2, 0.25) is 11.7 Å². The monoisotopic (exact) mass is 305 g/mol. The number of para-hydroxylation sites is 1. The van der Waals surface area contributed by atoms with Crippen molar-refractivity contribution in [3.63, 3.8) is 0 Å². The Kier molecular flexibility index (Phi) is 3.34. The van der Waals surface area contributed by atoms with Crippen molar-refractivity contribution in [3.05, 3.63) is 60.2 Å². The number of hydrogen-bond acceptors (Lipinski definition) is 5. The Morgan fingerprint density at radius 3 is 2.91 bits per heavy atom. The third kappa shape index (κ3) is 2.59. The molecule has 0 bridgehead atoms. The maximum atomic E-state index is 5.33. The average molecular weight is 305 g/mol. The van der Waals surface area contributed by atoms with Gasteiger partial charge in [-0.2, -0.15) is 10.1 Å². The van der Waals surface area contributed by atoms with Gasteiger partial charge in [0.25, 0.3) is 0 Å². The number of hydrogen-bond donors (Lipinski definition) is 0. The van der Waals surface area contributed by atoms with Crippen LogP contribution in [0.5, 0.6) is 0 Å². The first-order valence-electron chi connectivity index (χ1n) is 7.47. The zero-order valence-electron chi connectivity index (χ0n) is 12.7. The topological polar surface area (TPSA) is 69.6 Å². The molecular weight excluding hydrogens is 290 g/mol. The van der Waals surface area contributed by atoms with Crippen LogP contribution >= 0.6 is 0 Å². The molecule has 0 fully saturated rings. The Labute approximate surface area is 132 Å². The lowest BCUT2D eigenvalue weighted by Crippen LogP contribution is -2.03. The van der Waals surface area contributed by atoms with Crippen LogP contribution in [0.15, 0.2) is 53.2 Å². The Hall–Kier alpha value is -3.02. The molecular formula is C17H15N5O. The van der Waals surface area contributed by atoms with Gasteiger partial charge in [-0.25, -0.2) is 0 Å². The second-order valence-electron chi connectivity index (χ2n) is 5.37. The van der Waals surface area contributed by atoms with Crippen LogP contribution in [0, 0.1) is 6.92 Å². The smallest absolute Gasteiger partial charge is 0.228 e. The molecule has 3 heterocycles. The summed E-state index contributed by atoms with van der Waals surface area (Å²) in [5, 5.41) is 13.0. The number of aryl methyl sites for hydroxylation is 3. The molecule has 4 rings (SSSR count). The molecule has 23 heavy (non-hydrogen) atoms. The van der Waals surface area contributed by atoms with Crippen LogP contribution in [0.4, 0.5) is 0 Å². The first kappa shape index (κ1) is 13.6. The van der Waals surface area contributed by atoms with Crippen LogP contribution < -0.4 is 0 Å². The van der Waals surface area contributed by atoms with Crippen molar-refractivity contribution in [1.29, 1.82) is 0 Å². The molecule has 0 aliphatic heterocycles. The lowest BCUT2D eigenvalue weighted by Gasteiger charge is -2.05. The second-order valence-corrected chi connectivity index (χ2v) is 5.37. The molecule has 1 aromatic carbocycles. The fourth-order valence-corrected chi connectivity index (χ4v) is 2.73. The quantitative estimate of drug-likeness (QED) is 0.579. The summed E-state index contributed by atoms with van der Waals surface area (Å²) < 4.78 is 7.59. The van der Waals surface area contributed by atoms with Crippen LogP contribution in [0.1, 0.15) is 11.6 Å². The van der Waals surface area contributed by atoms with Crippen molar-refractivity contribution in [2.75, 3.05) is 0 Å². The third-order valence-electron chi connectivity index (χ3n) is 3.84. The minimum absolute atomic E-state index is 0.474. The highest BCUT2D eigenvalue weighted by Gasteiger charge is 2.11. The van der Waals surface area contributed by atoms with Crippen molar-refractivity contribution in [2.45, 2.75) is 19.9 Å². The Morgan fingerprint density at radius 2 is 2.04 bits per heavy atom. The van der Waals surface area contributed by atoms with E-state index in [4.69, 9.17) is 4.52 Å². The summed E-state index contributed by atoms with van der Waals surface area (Å²) in [6, 6.07) is 14.2. The standard InChI is InChI=1S/C17H15N5O/c1-12-11-13-5-2-3-7-15(13)22(12)10-8-16-19-17(21-23-16)14-6-4-9-18-20-14/h2-7,9,11H,8,10H2,1H3. The molecule has 0 aliphatic rings. The van der Waals surface area contributed by atoms with Gasteiger partial charge >= 0.3 is 0 Å². The Balaban J connectivity index is 1.55. The van der Waals surface area contributed by atoms with Gasteiger partial charge < -0.3 is 9.09 Å². The molecule has 6 nitrogen and oxygen atoms in total. The minimum atomic E-state index is 0.474. The summed E-state index contributed by atoms with van der Waals surface area (Å²) in [6.07, 6.45) is 2.29. The van der Waals surface area contributed by atoms with Crippen molar-refractivity contribution < 1.29 is 4.52 Å². The van der Waals surface area contributed by atoms with Crippen molar-refractivity contribution in [1.82, 2.24) is 24.9 Å². The highest BCUT2D eigenvalue weighted by Crippen LogP contribution is 2.20. The van der Waals surface area contributed by atoms with Gasteiger partial charge in [-0.1, -0.05) is 23.4 Å². The number of rotatable bonds is 4. The largest absolute Gasteiger partial charge is 0.344 e. The van der Waals surface area contributed by atoms with Crippen LogP contribution in [0.3, 0.4) is 0 Å². The molecule has 0 N–H and O–H groups in total. The van der Waals surface area contributed by atoms with Gasteiger partial charge in [0.15, 0.2) is 0 Å². The highest BCUT2D eigenvalue weighted by molar-refractivity contribution is 5.81. The highest BCUT2D eigenvalue weighted by atomic mass is 16.5. The summed E-state index contributed by atoms with van der Waals surface area (Å²) in [6.45, 7) is 2.90. The van der Waals surface area contributed by atoms with Crippen molar-refractivity contribution in [3.8, 4) is 11.5 Å². The molecule has 0 saturated carbocycles. The van der Waals surface area contributed by atoms with E-state index < -0.39 is 0 Å². The van der Waals surface area contributed by atoms with E-state index in [-0.39, 0.29) is 0 Å². The Morgan fingerprint density at radius 1 is 1.13 bits per heavy atom. The van der Waals surface area contributed by atoms with Gasteiger partial charge in [0.05, 0.1) is 0 Å². The van der Waals surface area contributed by atoms with Gasteiger partial charge in [-0.15, -0.1) is 5.10 Å². The van der Waals surface area contributed by atoms with Crippen molar-refractivity contribution >= 4 is 10.9 Å². The van der Waals surface area contributed by atoms with Gasteiger partial charge in [-0.3, -0.25) is 0 Å². The van der Waals surface area contributed by atoms with E-state index in [2.05, 4.69) is 62.2 Å². The van der Waals surface area contributed by atoms with Crippen molar-refractivity contribution in [2.24, 2.45) is 0 Å². The predicted molar refractivity (Wildman–Crippen MR) is 85.7 cm³/mol. The summed E-state index contributed by atoms with van der Waals surface area (Å²) >= 11 is 0. The number of fused-ring (bicyclic) bond motifs is 1. The second kappa shape index (κ2) is 5.64. The lowest BCUT2D eigenvalue weighted by molar-refractivity contribution is 0.372. The molecule has 0 unspecified atom stereocenters. The molecule has 0 amide bonds. The van der Waals surface area contributed by atoms with Crippen LogP contribution in [0.2, 0.25) is 0 Å². The van der Waals surface area contributed by atoms with Crippen LogP contribution in [-0.2, 0) is 13.0 Å².